The van der Waals surface area contributed by atoms with Gasteiger partial charge in [0.15, 0.2) is 11.6 Å². The quantitative estimate of drug-likeness (QED) is 0.304. The average molecular weight is 170 g/mol. The minimum Gasteiger partial charge on any atom is -1.00 e. The van der Waals surface area contributed by atoms with Crippen LogP contribution in [0.15, 0.2) is 0 Å². The van der Waals surface area contributed by atoms with E-state index in [1.54, 1.807) is 0 Å². The maximum atomic E-state index is 12.3. The first-order valence-electron chi connectivity index (χ1n) is 2.91. The fraction of sp³-hybridized carbons (Fsp3) is 0.667. The van der Waals surface area contributed by atoms with Crippen LogP contribution in [-0.2, 0) is 9.59 Å². The minimum absolute atomic E-state index is 0. The Morgan fingerprint density at radius 1 is 1.30 bits per heavy atom. The molecule has 0 aromatic carbocycles. The topological polar surface area (TPSA) is 34.1 Å². The molecule has 1 aliphatic rings. The number of alkyl halides is 1. The molecule has 2 nitrogen and oxygen atoms in total. The van der Waals surface area contributed by atoms with E-state index in [9.17, 15) is 14.0 Å². The zero-order valence-electron chi connectivity index (χ0n) is 6.89. The number of carbonyl (C=O) groups excluding carboxylic acids is 2. The Morgan fingerprint density at radius 2 is 1.70 bits per heavy atom. The predicted molar refractivity (Wildman–Crippen MR) is 29.9 cm³/mol. The molecule has 1 rings (SSSR count). The van der Waals surface area contributed by atoms with Gasteiger partial charge in [0.05, 0.1) is 0 Å². The van der Waals surface area contributed by atoms with Gasteiger partial charge in [0, 0.05) is 12.8 Å². The van der Waals surface area contributed by atoms with Gasteiger partial charge in [0.25, 0.3) is 0 Å². The van der Waals surface area contributed by atoms with Gasteiger partial charge in [-0.15, -0.1) is 0 Å². The molecule has 0 unspecified atom stereocenters. The molecule has 0 aromatic heterocycles. The maximum absolute atomic E-state index is 12.3. The van der Waals surface area contributed by atoms with Crippen LogP contribution in [0.1, 0.15) is 20.7 Å². The Labute approximate surface area is 102 Å². The Bertz CT molecular complexity index is 147. The number of hydrogen-bond acceptors (Lipinski definition) is 2. The van der Waals surface area contributed by atoms with Crippen molar-refractivity contribution in [1.29, 1.82) is 0 Å². The van der Waals surface area contributed by atoms with E-state index in [2.05, 4.69) is 0 Å². The Kier molecular flexibility index (Phi) is 5.15. The molecule has 4 heteroatoms. The number of carbonyl (C=O) groups is 2. The first kappa shape index (κ1) is 10.9. The fourth-order valence-electron chi connectivity index (χ4n) is 0.870. The summed E-state index contributed by atoms with van der Waals surface area (Å²) in [4.78, 5) is 20.8. The van der Waals surface area contributed by atoms with Gasteiger partial charge in [-0.1, -0.05) is 0 Å². The third-order valence-corrected chi connectivity index (χ3v) is 1.41. The van der Waals surface area contributed by atoms with Gasteiger partial charge in [-0.2, -0.15) is 0 Å². The standard InChI is InChI=1S/C6H7FO2.K.H/c7-6-4(8)2-1-3-5(6)9;;/h6H,1-3H2;;/q;+1;-1. The second-order valence-corrected chi connectivity index (χ2v) is 2.15. The first-order chi connectivity index (χ1) is 4.22. The second kappa shape index (κ2) is 4.72. The monoisotopic (exact) mass is 170 g/mol. The zero-order chi connectivity index (χ0) is 6.85. The van der Waals surface area contributed by atoms with E-state index >= 15 is 0 Å². The molecule has 10 heavy (non-hydrogen) atoms. The van der Waals surface area contributed by atoms with Crippen LogP contribution in [0.3, 0.4) is 0 Å². The first-order valence-corrected chi connectivity index (χ1v) is 2.91. The van der Waals surface area contributed by atoms with Gasteiger partial charge < -0.3 is 1.43 Å². The Morgan fingerprint density at radius 3 is 2.00 bits per heavy atom. The van der Waals surface area contributed by atoms with Gasteiger partial charge in [-0.05, 0) is 6.42 Å². The smallest absolute Gasteiger partial charge is 1.00 e. The van der Waals surface area contributed by atoms with Gasteiger partial charge in [0.2, 0.25) is 6.17 Å². The van der Waals surface area contributed by atoms with Gasteiger partial charge in [0.1, 0.15) is 0 Å². The molecule has 1 saturated carbocycles. The van der Waals surface area contributed by atoms with Crippen LogP contribution in [0.5, 0.6) is 0 Å². The summed E-state index contributed by atoms with van der Waals surface area (Å²) in [5, 5.41) is 0. The van der Waals surface area contributed by atoms with Crippen LogP contribution in [0, 0.1) is 0 Å². The van der Waals surface area contributed by atoms with Crippen molar-refractivity contribution in [3.05, 3.63) is 0 Å². The second-order valence-electron chi connectivity index (χ2n) is 2.15. The molecule has 52 valence electrons. The molecular formula is C6H8FKO2. The molecule has 0 amide bonds. The van der Waals surface area contributed by atoms with Crippen molar-refractivity contribution < 1.29 is 66.8 Å². The van der Waals surface area contributed by atoms with Crippen molar-refractivity contribution in [2.24, 2.45) is 0 Å². The predicted octanol–water partition coefficient (Wildman–Crippen LogP) is -2.24. The van der Waals surface area contributed by atoms with Crippen LogP contribution in [0.4, 0.5) is 4.39 Å². The molecule has 1 fully saturated rings. The van der Waals surface area contributed by atoms with Gasteiger partial charge >= 0.3 is 51.4 Å². The number of hydrogen-bond donors (Lipinski definition) is 0. The van der Waals surface area contributed by atoms with Crippen molar-refractivity contribution in [3.8, 4) is 0 Å². The van der Waals surface area contributed by atoms with Crippen LogP contribution < -0.4 is 51.4 Å². The molecule has 0 bridgehead atoms. The molecule has 0 aliphatic heterocycles. The summed E-state index contributed by atoms with van der Waals surface area (Å²) >= 11 is 0. The number of ketones is 2. The zero-order valence-corrected chi connectivity index (χ0v) is 9.02. The van der Waals surface area contributed by atoms with E-state index in [-0.39, 0.29) is 65.7 Å². The van der Waals surface area contributed by atoms with E-state index in [1.165, 1.54) is 0 Å². The van der Waals surface area contributed by atoms with E-state index in [1.807, 2.05) is 0 Å². The van der Waals surface area contributed by atoms with Gasteiger partial charge in [-0.25, -0.2) is 4.39 Å². The van der Waals surface area contributed by atoms with Crippen molar-refractivity contribution in [1.82, 2.24) is 0 Å². The summed E-state index contributed by atoms with van der Waals surface area (Å²) in [6.07, 6.45) is -0.823. The largest absolute Gasteiger partial charge is 1.00 e. The Balaban J connectivity index is 0. The van der Waals surface area contributed by atoms with Crippen LogP contribution in [0.2, 0.25) is 0 Å². The molecule has 0 spiro atoms. The van der Waals surface area contributed by atoms with E-state index in [4.69, 9.17) is 0 Å². The Hall–Kier alpha value is 0.906. The average Bonchev–Trinajstić information content (AvgIpc) is 1.83. The van der Waals surface area contributed by atoms with E-state index < -0.39 is 17.7 Å². The molecule has 0 heterocycles. The summed E-state index contributed by atoms with van der Waals surface area (Å²) in [6, 6.07) is 0. The van der Waals surface area contributed by atoms with Crippen molar-refractivity contribution in [2.45, 2.75) is 25.4 Å². The molecule has 0 atom stereocenters. The van der Waals surface area contributed by atoms with Crippen molar-refractivity contribution in [3.63, 3.8) is 0 Å². The van der Waals surface area contributed by atoms with Crippen LogP contribution in [0.25, 0.3) is 0 Å². The summed E-state index contributed by atoms with van der Waals surface area (Å²) < 4.78 is 12.3. The van der Waals surface area contributed by atoms with E-state index in [0.29, 0.717) is 6.42 Å². The van der Waals surface area contributed by atoms with E-state index in [0.717, 1.165) is 0 Å². The molecular weight excluding hydrogens is 162 g/mol. The molecule has 0 aromatic rings. The maximum Gasteiger partial charge on any atom is 1.00 e. The summed E-state index contributed by atoms with van der Waals surface area (Å²) in [7, 11) is 0. The molecule has 0 saturated heterocycles. The third kappa shape index (κ3) is 2.51. The number of Topliss-reactive ketones (excluding diaryl/α,β-unsaturated/α-hetero) is 2. The molecule has 1 aliphatic carbocycles. The van der Waals surface area contributed by atoms with Crippen LogP contribution in [-0.4, -0.2) is 17.7 Å². The SMILES string of the molecule is O=C1CCCC(=O)C1F.[H-].[K+]. The fourth-order valence-corrected chi connectivity index (χ4v) is 0.870. The van der Waals surface area contributed by atoms with Crippen molar-refractivity contribution >= 4 is 11.6 Å². The summed E-state index contributed by atoms with van der Waals surface area (Å²) in [6.45, 7) is 0. The van der Waals surface area contributed by atoms with Crippen LogP contribution >= 0.6 is 0 Å². The normalized spacial score (nSPS) is 20.5. The number of halogens is 1. The third-order valence-electron chi connectivity index (χ3n) is 1.41. The number of rotatable bonds is 0. The summed E-state index contributed by atoms with van der Waals surface area (Å²) in [5.41, 5.74) is 0. The summed E-state index contributed by atoms with van der Waals surface area (Å²) in [5.74, 6) is -1.10. The van der Waals surface area contributed by atoms with Crippen molar-refractivity contribution in [2.75, 3.05) is 0 Å². The molecule has 0 radical (unpaired) electrons. The van der Waals surface area contributed by atoms with Gasteiger partial charge in [-0.3, -0.25) is 9.59 Å². The molecule has 0 N–H and O–H groups in total. The minimum atomic E-state index is -1.81.